The number of epoxide rings is 1. The summed E-state index contributed by atoms with van der Waals surface area (Å²) in [5.74, 6) is 1.05. The predicted molar refractivity (Wildman–Crippen MR) is 136 cm³/mol. The second-order valence-corrected chi connectivity index (χ2v) is 11.1. The van der Waals surface area contributed by atoms with E-state index in [0.717, 1.165) is 16.9 Å². The molecule has 0 aliphatic carbocycles. The van der Waals surface area contributed by atoms with Crippen LogP contribution < -0.4 is 24.8 Å². The molecule has 0 radical (unpaired) electrons. The van der Waals surface area contributed by atoms with E-state index in [-0.39, 0.29) is 33.5 Å². The molecule has 2 atom stereocenters. The standard InChI is InChI=1S/C24H33N3O5S2/c1-24(2,3)16-8-10-18(30-5)17(14-16)21-22(32-21)26-12-11-15-7-9-19(31-6)20(13-15)34(28,29)27-23(33)25-4/h7-10,13-14,21-22,26H,11-12H2,1-6H3,(H2,25,27,33). The van der Waals surface area contributed by atoms with Gasteiger partial charge in [0.15, 0.2) is 5.11 Å². The second kappa shape index (κ2) is 10.5. The third-order valence-corrected chi connectivity index (χ3v) is 7.43. The van der Waals surface area contributed by atoms with Gasteiger partial charge < -0.3 is 19.5 Å². The van der Waals surface area contributed by atoms with E-state index in [1.807, 2.05) is 12.1 Å². The first-order valence-corrected chi connectivity index (χ1v) is 12.9. The number of sulfonamides is 1. The molecule has 0 bridgehead atoms. The van der Waals surface area contributed by atoms with Crippen molar-refractivity contribution in [1.29, 1.82) is 0 Å². The fourth-order valence-electron chi connectivity index (χ4n) is 3.60. The zero-order valence-electron chi connectivity index (χ0n) is 20.4. The Labute approximate surface area is 207 Å². The van der Waals surface area contributed by atoms with Crippen molar-refractivity contribution in [2.75, 3.05) is 27.8 Å². The Balaban J connectivity index is 1.66. The van der Waals surface area contributed by atoms with Crippen LogP contribution in [0, 0.1) is 0 Å². The van der Waals surface area contributed by atoms with E-state index in [0.29, 0.717) is 13.0 Å². The molecule has 10 heteroatoms. The van der Waals surface area contributed by atoms with Crippen LogP contribution in [0.1, 0.15) is 43.6 Å². The predicted octanol–water partition coefficient (Wildman–Crippen LogP) is 3.01. The summed E-state index contributed by atoms with van der Waals surface area (Å²) in [5.41, 5.74) is 3.11. The van der Waals surface area contributed by atoms with Gasteiger partial charge >= 0.3 is 0 Å². The molecule has 0 aromatic heterocycles. The summed E-state index contributed by atoms with van der Waals surface area (Å²) in [6.07, 6.45) is 0.394. The summed E-state index contributed by atoms with van der Waals surface area (Å²) < 4.78 is 44.4. The average molecular weight is 508 g/mol. The lowest BCUT2D eigenvalue weighted by molar-refractivity contribution is 0.342. The van der Waals surface area contributed by atoms with Crippen molar-refractivity contribution in [1.82, 2.24) is 15.4 Å². The van der Waals surface area contributed by atoms with Crippen LogP contribution in [0.25, 0.3) is 0 Å². The van der Waals surface area contributed by atoms with Crippen LogP contribution in [-0.2, 0) is 26.6 Å². The number of benzene rings is 2. The van der Waals surface area contributed by atoms with Crippen molar-refractivity contribution in [3.63, 3.8) is 0 Å². The van der Waals surface area contributed by atoms with Gasteiger partial charge in [0.1, 0.15) is 28.7 Å². The van der Waals surface area contributed by atoms with Crippen LogP contribution >= 0.6 is 12.2 Å². The number of hydrogen-bond donors (Lipinski definition) is 3. The van der Waals surface area contributed by atoms with E-state index in [4.69, 9.17) is 26.4 Å². The minimum atomic E-state index is -3.87. The summed E-state index contributed by atoms with van der Waals surface area (Å²) in [5, 5.41) is 6.00. The SMILES string of the molecule is CNC(=S)NS(=O)(=O)c1cc(CCNC2OC2c2cc(C(C)(C)C)ccc2OC)ccc1OC. The molecule has 1 aliphatic heterocycles. The maximum Gasteiger partial charge on any atom is 0.267 e. The lowest BCUT2D eigenvalue weighted by Crippen LogP contribution is -2.37. The van der Waals surface area contributed by atoms with Crippen molar-refractivity contribution in [3.8, 4) is 11.5 Å². The minimum Gasteiger partial charge on any atom is -0.496 e. The van der Waals surface area contributed by atoms with Gasteiger partial charge in [-0.15, -0.1) is 0 Å². The average Bonchev–Trinajstić information content (AvgIpc) is 3.56. The molecular weight excluding hydrogens is 474 g/mol. The fourth-order valence-corrected chi connectivity index (χ4v) is 5.11. The molecular formula is C24H33N3O5S2. The van der Waals surface area contributed by atoms with Crippen molar-refractivity contribution in [2.45, 2.75) is 49.8 Å². The first-order chi connectivity index (χ1) is 16.0. The first kappa shape index (κ1) is 26.2. The normalized spacial score (nSPS) is 17.7. The quantitative estimate of drug-likeness (QED) is 0.352. The maximum atomic E-state index is 12.7. The van der Waals surface area contributed by atoms with E-state index >= 15 is 0 Å². The lowest BCUT2D eigenvalue weighted by Gasteiger charge is -2.20. The van der Waals surface area contributed by atoms with Gasteiger partial charge in [0.05, 0.1) is 14.2 Å². The Hall–Kier alpha value is -2.40. The zero-order valence-corrected chi connectivity index (χ0v) is 22.0. The van der Waals surface area contributed by atoms with Crippen LogP contribution in [0.5, 0.6) is 11.5 Å². The molecule has 1 saturated heterocycles. The van der Waals surface area contributed by atoms with Gasteiger partial charge in [0, 0.05) is 19.2 Å². The smallest absolute Gasteiger partial charge is 0.267 e. The van der Waals surface area contributed by atoms with Crippen LogP contribution in [0.4, 0.5) is 0 Å². The van der Waals surface area contributed by atoms with Gasteiger partial charge in [0.2, 0.25) is 0 Å². The Morgan fingerprint density at radius 3 is 2.38 bits per heavy atom. The number of rotatable bonds is 9. The summed E-state index contributed by atoms with van der Waals surface area (Å²) in [6.45, 7) is 7.13. The Morgan fingerprint density at radius 1 is 1.09 bits per heavy atom. The Morgan fingerprint density at radius 2 is 1.76 bits per heavy atom. The third kappa shape index (κ3) is 6.18. The van der Waals surface area contributed by atoms with Gasteiger partial charge in [-0.3, -0.25) is 10.0 Å². The molecule has 1 heterocycles. The van der Waals surface area contributed by atoms with Crippen LogP contribution in [0.3, 0.4) is 0 Å². The number of methoxy groups -OCH3 is 2. The summed E-state index contributed by atoms with van der Waals surface area (Å²) in [4.78, 5) is 0.0365. The van der Waals surface area contributed by atoms with E-state index in [1.54, 1.807) is 26.3 Å². The molecule has 8 nitrogen and oxygen atoms in total. The minimum absolute atomic E-state index is 0.0111. The molecule has 0 spiro atoms. The van der Waals surface area contributed by atoms with Crippen LogP contribution in [0.2, 0.25) is 0 Å². The molecule has 2 unspecified atom stereocenters. The van der Waals surface area contributed by atoms with E-state index in [2.05, 4.69) is 48.3 Å². The zero-order chi connectivity index (χ0) is 25.1. The first-order valence-electron chi connectivity index (χ1n) is 11.0. The molecule has 2 aromatic rings. The molecule has 0 amide bonds. The number of nitrogens with one attached hydrogen (secondary N) is 3. The number of thiocarbonyl (C=S) groups is 1. The van der Waals surface area contributed by atoms with Crippen molar-refractivity contribution >= 4 is 27.4 Å². The van der Waals surface area contributed by atoms with Gasteiger partial charge in [-0.05, 0) is 59.4 Å². The lowest BCUT2D eigenvalue weighted by atomic mass is 9.85. The summed E-state index contributed by atoms with van der Waals surface area (Å²) >= 11 is 4.94. The topological polar surface area (TPSA) is 101 Å². The highest BCUT2D eigenvalue weighted by molar-refractivity contribution is 7.92. The van der Waals surface area contributed by atoms with Gasteiger partial charge in [-0.2, -0.15) is 0 Å². The highest BCUT2D eigenvalue weighted by Gasteiger charge is 2.42. The number of ether oxygens (including phenoxy) is 3. The highest BCUT2D eigenvalue weighted by Crippen LogP contribution is 2.43. The van der Waals surface area contributed by atoms with Gasteiger partial charge in [-0.25, -0.2) is 8.42 Å². The van der Waals surface area contributed by atoms with Crippen LogP contribution in [-0.4, -0.2) is 47.6 Å². The monoisotopic (exact) mass is 507 g/mol. The van der Waals surface area contributed by atoms with Gasteiger partial charge in [0.25, 0.3) is 10.0 Å². The van der Waals surface area contributed by atoms with E-state index in [9.17, 15) is 8.42 Å². The van der Waals surface area contributed by atoms with Crippen LogP contribution in [0.15, 0.2) is 41.3 Å². The summed E-state index contributed by atoms with van der Waals surface area (Å²) in [6, 6.07) is 11.3. The number of hydrogen-bond acceptors (Lipinski definition) is 7. The molecule has 1 fully saturated rings. The summed E-state index contributed by atoms with van der Waals surface area (Å²) in [7, 11) is 0.766. The van der Waals surface area contributed by atoms with Crippen molar-refractivity contribution in [2.24, 2.45) is 0 Å². The van der Waals surface area contributed by atoms with E-state index in [1.165, 1.54) is 12.7 Å². The van der Waals surface area contributed by atoms with Crippen molar-refractivity contribution in [3.05, 3.63) is 53.1 Å². The van der Waals surface area contributed by atoms with Gasteiger partial charge in [-0.1, -0.05) is 32.9 Å². The van der Waals surface area contributed by atoms with E-state index < -0.39 is 10.0 Å². The molecule has 2 aromatic carbocycles. The Kier molecular flexibility index (Phi) is 8.07. The Bertz CT molecular complexity index is 1150. The molecule has 0 saturated carbocycles. The molecule has 186 valence electrons. The highest BCUT2D eigenvalue weighted by atomic mass is 32.2. The molecule has 1 aliphatic rings. The van der Waals surface area contributed by atoms with Crippen molar-refractivity contribution < 1.29 is 22.6 Å². The largest absolute Gasteiger partial charge is 0.496 e. The fraction of sp³-hybridized carbons (Fsp3) is 0.458. The molecule has 3 N–H and O–H groups in total. The molecule has 3 rings (SSSR count). The second-order valence-electron chi connectivity index (χ2n) is 9.06. The molecule has 34 heavy (non-hydrogen) atoms. The third-order valence-electron chi connectivity index (χ3n) is 5.62. The maximum absolute atomic E-state index is 12.7.